The Kier molecular flexibility index (Phi) is 3.79. The quantitative estimate of drug-likeness (QED) is 0.544. The van der Waals surface area contributed by atoms with E-state index in [1.165, 1.54) is 6.33 Å². The first-order chi connectivity index (χ1) is 13.3. The summed E-state index contributed by atoms with van der Waals surface area (Å²) in [5.74, 6) is 3.33. The van der Waals surface area contributed by atoms with Gasteiger partial charge in [0.05, 0.1) is 18.8 Å². The molecule has 0 atom stereocenters. The lowest BCUT2D eigenvalue weighted by atomic mass is 10.2. The second-order valence-corrected chi connectivity index (χ2v) is 6.39. The molecular formula is C18H18N8O. The van der Waals surface area contributed by atoms with Crippen LogP contribution in [0, 0.1) is 0 Å². The van der Waals surface area contributed by atoms with Gasteiger partial charge in [0.2, 0.25) is 0 Å². The molecule has 0 saturated carbocycles. The SMILES string of the molecule is COCc1cc(N2CCn3c(nnc3-c3ccccc3)C2)n2ncnc2n1. The highest BCUT2D eigenvalue weighted by atomic mass is 16.5. The van der Waals surface area contributed by atoms with Crippen LogP contribution in [0.25, 0.3) is 17.2 Å². The van der Waals surface area contributed by atoms with Crippen molar-refractivity contribution in [2.24, 2.45) is 0 Å². The number of fused-ring (bicyclic) bond motifs is 2. The van der Waals surface area contributed by atoms with Crippen LogP contribution in [0.4, 0.5) is 5.82 Å². The molecule has 0 unspecified atom stereocenters. The van der Waals surface area contributed by atoms with Crippen LogP contribution in [0.5, 0.6) is 0 Å². The summed E-state index contributed by atoms with van der Waals surface area (Å²) in [7, 11) is 1.66. The van der Waals surface area contributed by atoms with Crippen LogP contribution in [-0.4, -0.2) is 48.0 Å². The molecule has 136 valence electrons. The van der Waals surface area contributed by atoms with Crippen LogP contribution in [0.2, 0.25) is 0 Å². The lowest BCUT2D eigenvalue weighted by Crippen LogP contribution is -2.35. The van der Waals surface area contributed by atoms with Crippen molar-refractivity contribution in [3.8, 4) is 11.4 Å². The molecule has 0 N–H and O–H groups in total. The molecule has 0 bridgehead atoms. The zero-order valence-corrected chi connectivity index (χ0v) is 14.9. The van der Waals surface area contributed by atoms with Crippen LogP contribution < -0.4 is 4.90 Å². The lowest BCUT2D eigenvalue weighted by Gasteiger charge is -2.29. The van der Waals surface area contributed by atoms with Crippen LogP contribution >= 0.6 is 0 Å². The molecule has 3 aromatic heterocycles. The Bertz CT molecular complexity index is 1090. The van der Waals surface area contributed by atoms with E-state index in [1.54, 1.807) is 11.6 Å². The summed E-state index contributed by atoms with van der Waals surface area (Å²) < 4.78 is 9.17. The zero-order valence-electron chi connectivity index (χ0n) is 14.9. The smallest absolute Gasteiger partial charge is 0.254 e. The Morgan fingerprint density at radius 2 is 2.00 bits per heavy atom. The van der Waals surface area contributed by atoms with Crippen molar-refractivity contribution >= 4 is 11.6 Å². The fraction of sp³-hybridized carbons (Fsp3) is 0.278. The van der Waals surface area contributed by atoms with E-state index in [4.69, 9.17) is 4.74 Å². The maximum absolute atomic E-state index is 5.24. The van der Waals surface area contributed by atoms with Crippen molar-refractivity contribution in [3.63, 3.8) is 0 Å². The average molecular weight is 362 g/mol. The Labute approximate surface area is 155 Å². The number of hydrogen-bond donors (Lipinski definition) is 0. The number of methoxy groups -OCH3 is 1. The first-order valence-electron chi connectivity index (χ1n) is 8.74. The predicted octanol–water partition coefficient (Wildman–Crippen LogP) is 1.55. The van der Waals surface area contributed by atoms with Gasteiger partial charge in [-0.1, -0.05) is 30.3 Å². The fourth-order valence-electron chi connectivity index (χ4n) is 3.45. The zero-order chi connectivity index (χ0) is 18.2. The van der Waals surface area contributed by atoms with Crippen LogP contribution in [0.1, 0.15) is 11.5 Å². The van der Waals surface area contributed by atoms with E-state index in [9.17, 15) is 0 Å². The van der Waals surface area contributed by atoms with Gasteiger partial charge in [-0.15, -0.1) is 10.2 Å². The van der Waals surface area contributed by atoms with Gasteiger partial charge in [0.15, 0.2) is 11.6 Å². The maximum atomic E-state index is 5.24. The summed E-state index contributed by atoms with van der Waals surface area (Å²) in [6, 6.07) is 12.1. The summed E-state index contributed by atoms with van der Waals surface area (Å²) >= 11 is 0. The molecule has 0 amide bonds. The van der Waals surface area contributed by atoms with E-state index in [0.29, 0.717) is 18.9 Å². The molecule has 0 saturated heterocycles. The first kappa shape index (κ1) is 15.9. The van der Waals surface area contributed by atoms with Crippen molar-refractivity contribution in [1.82, 2.24) is 34.3 Å². The molecule has 0 radical (unpaired) electrons. The van der Waals surface area contributed by atoms with Crippen LogP contribution in [0.15, 0.2) is 42.7 Å². The van der Waals surface area contributed by atoms with Crippen molar-refractivity contribution < 1.29 is 4.74 Å². The highest BCUT2D eigenvalue weighted by Gasteiger charge is 2.24. The number of ether oxygens (including phenoxy) is 1. The van der Waals surface area contributed by atoms with Gasteiger partial charge >= 0.3 is 0 Å². The predicted molar refractivity (Wildman–Crippen MR) is 98.0 cm³/mol. The summed E-state index contributed by atoms with van der Waals surface area (Å²) in [6.07, 6.45) is 1.52. The number of hydrogen-bond acceptors (Lipinski definition) is 7. The van der Waals surface area contributed by atoms with Crippen molar-refractivity contribution in [3.05, 3.63) is 54.2 Å². The minimum atomic E-state index is 0.429. The number of benzene rings is 1. The van der Waals surface area contributed by atoms with Crippen molar-refractivity contribution in [1.29, 1.82) is 0 Å². The summed E-state index contributed by atoms with van der Waals surface area (Å²) in [5.41, 5.74) is 1.90. The Morgan fingerprint density at radius 3 is 2.85 bits per heavy atom. The number of aromatic nitrogens is 7. The van der Waals surface area contributed by atoms with E-state index >= 15 is 0 Å². The van der Waals surface area contributed by atoms with E-state index in [0.717, 1.165) is 41.8 Å². The molecule has 27 heavy (non-hydrogen) atoms. The molecule has 0 fully saturated rings. The monoisotopic (exact) mass is 362 g/mol. The van der Waals surface area contributed by atoms with Gasteiger partial charge in [0.1, 0.15) is 12.1 Å². The maximum Gasteiger partial charge on any atom is 0.254 e. The molecule has 9 heteroatoms. The van der Waals surface area contributed by atoms with Crippen molar-refractivity contribution in [2.45, 2.75) is 19.7 Å². The van der Waals surface area contributed by atoms with E-state index in [1.807, 2.05) is 24.3 Å². The molecule has 9 nitrogen and oxygen atoms in total. The standard InChI is InChI=1S/C18H18N8O/c1-27-11-14-9-16(26-18(21-14)19-12-20-26)24-7-8-25-15(10-24)22-23-17(25)13-5-3-2-4-6-13/h2-6,9,12H,7-8,10-11H2,1H3. The molecule has 4 aromatic rings. The third-order valence-corrected chi connectivity index (χ3v) is 4.69. The summed E-state index contributed by atoms with van der Waals surface area (Å²) in [4.78, 5) is 10.9. The van der Waals surface area contributed by atoms with E-state index in [2.05, 4.69) is 46.9 Å². The van der Waals surface area contributed by atoms with Crippen LogP contribution in [-0.2, 0) is 24.4 Å². The fourth-order valence-corrected chi connectivity index (χ4v) is 3.45. The minimum absolute atomic E-state index is 0.429. The highest BCUT2D eigenvalue weighted by Crippen LogP contribution is 2.25. The second kappa shape index (κ2) is 6.44. The normalized spacial score (nSPS) is 13.9. The van der Waals surface area contributed by atoms with E-state index < -0.39 is 0 Å². The molecule has 0 aliphatic carbocycles. The summed E-state index contributed by atoms with van der Waals surface area (Å²) in [5, 5.41) is 13.2. The molecule has 0 spiro atoms. The van der Waals surface area contributed by atoms with Gasteiger partial charge in [-0.3, -0.25) is 0 Å². The van der Waals surface area contributed by atoms with Crippen LogP contribution in [0.3, 0.4) is 0 Å². The van der Waals surface area contributed by atoms with Gasteiger partial charge < -0.3 is 14.2 Å². The Hall–Kier alpha value is -3.33. The van der Waals surface area contributed by atoms with E-state index in [-0.39, 0.29) is 0 Å². The van der Waals surface area contributed by atoms with Gasteiger partial charge in [-0.2, -0.15) is 14.6 Å². The van der Waals surface area contributed by atoms with Crippen molar-refractivity contribution in [2.75, 3.05) is 18.6 Å². The number of anilines is 1. The first-order valence-corrected chi connectivity index (χ1v) is 8.74. The third-order valence-electron chi connectivity index (χ3n) is 4.69. The highest BCUT2D eigenvalue weighted by molar-refractivity contribution is 5.56. The van der Waals surface area contributed by atoms with Gasteiger partial charge in [0, 0.05) is 31.8 Å². The molecule has 5 rings (SSSR count). The number of rotatable bonds is 4. The molecular weight excluding hydrogens is 344 g/mol. The van der Waals surface area contributed by atoms with Gasteiger partial charge in [-0.05, 0) is 0 Å². The number of nitrogens with zero attached hydrogens (tertiary/aromatic N) is 8. The molecule has 1 aliphatic rings. The van der Waals surface area contributed by atoms with Gasteiger partial charge in [-0.25, -0.2) is 4.98 Å². The molecule has 1 aliphatic heterocycles. The second-order valence-electron chi connectivity index (χ2n) is 6.39. The van der Waals surface area contributed by atoms with Gasteiger partial charge in [0.25, 0.3) is 5.78 Å². The topological polar surface area (TPSA) is 86.3 Å². The third kappa shape index (κ3) is 2.72. The minimum Gasteiger partial charge on any atom is -0.378 e. The largest absolute Gasteiger partial charge is 0.378 e. The Balaban J connectivity index is 1.51. The summed E-state index contributed by atoms with van der Waals surface area (Å²) in [6.45, 7) is 2.69. The molecule has 1 aromatic carbocycles. The Morgan fingerprint density at radius 1 is 1.11 bits per heavy atom. The average Bonchev–Trinajstić information content (AvgIpc) is 3.34. The molecule has 4 heterocycles. The lowest BCUT2D eigenvalue weighted by molar-refractivity contribution is 0.181.